The molecule has 0 aromatic heterocycles. The minimum atomic E-state index is -0.0881. The topological polar surface area (TPSA) is 88.7 Å². The summed E-state index contributed by atoms with van der Waals surface area (Å²) in [6, 6.07) is 12.9. The van der Waals surface area contributed by atoms with E-state index in [-0.39, 0.29) is 29.9 Å². The molecule has 0 heterocycles. The Bertz CT molecular complexity index is 766. The number of ether oxygens (including phenoxy) is 1. The van der Waals surface area contributed by atoms with Gasteiger partial charge < -0.3 is 21.1 Å². The molecule has 6 nitrogen and oxygen atoms in total. The molecule has 4 N–H and O–H groups in total. The van der Waals surface area contributed by atoms with E-state index in [1.165, 1.54) is 6.92 Å². The van der Waals surface area contributed by atoms with Crippen molar-refractivity contribution in [2.24, 2.45) is 10.7 Å². The average Bonchev–Trinajstić information content (AvgIpc) is 2.56. The summed E-state index contributed by atoms with van der Waals surface area (Å²) in [5, 5.41) is 6.22. The van der Waals surface area contributed by atoms with Crippen molar-refractivity contribution in [2.45, 2.75) is 13.3 Å². The van der Waals surface area contributed by atoms with Gasteiger partial charge in [0, 0.05) is 24.8 Å². The zero-order valence-corrected chi connectivity index (χ0v) is 17.7. The number of benzene rings is 2. The van der Waals surface area contributed by atoms with E-state index in [1.54, 1.807) is 19.2 Å². The number of hydrogen-bond donors (Lipinski definition) is 3. The van der Waals surface area contributed by atoms with Gasteiger partial charge in [-0.15, -0.1) is 24.0 Å². The highest BCUT2D eigenvalue weighted by Crippen LogP contribution is 2.27. The summed E-state index contributed by atoms with van der Waals surface area (Å²) in [4.78, 5) is 15.3. The molecular formula is C18H22ClIN4O2. The number of nitrogens with two attached hydrogens (primary N) is 1. The molecular weight excluding hydrogens is 467 g/mol. The molecule has 0 saturated carbocycles. The zero-order chi connectivity index (χ0) is 18.2. The maximum Gasteiger partial charge on any atom is 0.221 e. The smallest absolute Gasteiger partial charge is 0.221 e. The van der Waals surface area contributed by atoms with Crippen LogP contribution in [-0.2, 0) is 11.2 Å². The van der Waals surface area contributed by atoms with Gasteiger partial charge in [-0.25, -0.2) is 0 Å². The maximum atomic E-state index is 11.0. The fourth-order valence-electron chi connectivity index (χ4n) is 2.20. The lowest BCUT2D eigenvalue weighted by Gasteiger charge is -2.08. The Hall–Kier alpha value is -2.00. The highest BCUT2D eigenvalue weighted by Gasteiger charge is 2.02. The number of nitrogens with zero attached hydrogens (tertiary/aromatic N) is 1. The van der Waals surface area contributed by atoms with Crippen molar-refractivity contribution in [1.29, 1.82) is 0 Å². The minimum absolute atomic E-state index is 0. The second-order valence-electron chi connectivity index (χ2n) is 5.37. The number of aliphatic imine (C=N–C) groups is 1. The normalized spacial score (nSPS) is 10.7. The van der Waals surface area contributed by atoms with Crippen LogP contribution in [0.25, 0.3) is 0 Å². The molecule has 2 aromatic rings. The molecule has 2 rings (SSSR count). The molecule has 2 aromatic carbocycles. The molecule has 1 amide bonds. The maximum absolute atomic E-state index is 11.0. The van der Waals surface area contributed by atoms with Gasteiger partial charge >= 0.3 is 0 Å². The van der Waals surface area contributed by atoms with E-state index >= 15 is 0 Å². The third-order valence-corrected chi connectivity index (χ3v) is 3.68. The Labute approximate surface area is 175 Å². The van der Waals surface area contributed by atoms with Crippen molar-refractivity contribution in [3.05, 3.63) is 53.1 Å². The molecule has 8 heteroatoms. The molecule has 0 saturated heterocycles. The first-order valence-corrected chi connectivity index (χ1v) is 8.12. The Kier molecular flexibility index (Phi) is 9.22. The van der Waals surface area contributed by atoms with E-state index in [0.29, 0.717) is 23.3 Å². The van der Waals surface area contributed by atoms with Crippen molar-refractivity contribution in [3.63, 3.8) is 0 Å². The Morgan fingerprint density at radius 1 is 1.15 bits per heavy atom. The molecule has 0 bridgehead atoms. The van der Waals surface area contributed by atoms with Gasteiger partial charge in [0.05, 0.1) is 12.1 Å². The van der Waals surface area contributed by atoms with E-state index in [2.05, 4.69) is 15.6 Å². The number of amides is 1. The van der Waals surface area contributed by atoms with Crippen LogP contribution in [0.5, 0.6) is 5.75 Å². The average molecular weight is 489 g/mol. The van der Waals surface area contributed by atoms with Gasteiger partial charge in [-0.3, -0.25) is 9.79 Å². The van der Waals surface area contributed by atoms with Crippen molar-refractivity contribution < 1.29 is 9.53 Å². The molecule has 0 radical (unpaired) electrons. The van der Waals surface area contributed by atoms with E-state index in [1.807, 2.05) is 30.3 Å². The van der Waals surface area contributed by atoms with Crippen molar-refractivity contribution in [2.75, 3.05) is 24.3 Å². The molecule has 0 fully saturated rings. The number of carbonyl (C=O) groups excluding carboxylic acids is 1. The number of anilines is 2. The van der Waals surface area contributed by atoms with Crippen molar-refractivity contribution in [3.8, 4) is 5.75 Å². The van der Waals surface area contributed by atoms with Crippen LogP contribution in [-0.4, -0.2) is 25.5 Å². The predicted molar refractivity (Wildman–Crippen MR) is 118 cm³/mol. The molecule has 0 aliphatic rings. The summed E-state index contributed by atoms with van der Waals surface area (Å²) < 4.78 is 5.10. The third-order valence-electron chi connectivity index (χ3n) is 3.38. The van der Waals surface area contributed by atoms with Crippen LogP contribution in [0, 0.1) is 0 Å². The Balaban J connectivity index is 0.00000338. The first-order valence-electron chi connectivity index (χ1n) is 7.75. The van der Waals surface area contributed by atoms with Crippen LogP contribution in [0.4, 0.5) is 11.4 Å². The minimum Gasteiger partial charge on any atom is -0.495 e. The van der Waals surface area contributed by atoms with Crippen LogP contribution in [0.15, 0.2) is 47.5 Å². The van der Waals surface area contributed by atoms with Gasteiger partial charge in [-0.1, -0.05) is 23.7 Å². The number of halogens is 2. The second-order valence-corrected chi connectivity index (χ2v) is 5.78. The van der Waals surface area contributed by atoms with E-state index < -0.39 is 0 Å². The van der Waals surface area contributed by atoms with Crippen molar-refractivity contribution in [1.82, 2.24) is 0 Å². The van der Waals surface area contributed by atoms with Gasteiger partial charge in [-0.2, -0.15) is 0 Å². The largest absolute Gasteiger partial charge is 0.495 e. The number of hydrogen-bond acceptors (Lipinski definition) is 3. The van der Waals surface area contributed by atoms with E-state index in [4.69, 9.17) is 22.1 Å². The molecule has 0 atom stereocenters. The van der Waals surface area contributed by atoms with Gasteiger partial charge in [0.15, 0.2) is 5.96 Å². The standard InChI is InChI=1S/C18H21ClN4O2.HI/c1-12(24)22-14-5-3-13(4-6-14)9-10-21-18(20)23-15-7-8-17(25-2)16(19)11-15;/h3-8,11H,9-10H2,1-2H3,(H,22,24)(H3,20,21,23);1H. The van der Waals surface area contributed by atoms with Crippen LogP contribution >= 0.6 is 35.6 Å². The summed E-state index contributed by atoms with van der Waals surface area (Å²) in [6.45, 7) is 2.02. The summed E-state index contributed by atoms with van der Waals surface area (Å²) in [6.07, 6.45) is 0.742. The third kappa shape index (κ3) is 7.09. The number of nitrogens with one attached hydrogen (secondary N) is 2. The van der Waals surface area contributed by atoms with Crippen LogP contribution in [0.2, 0.25) is 5.02 Å². The first kappa shape index (κ1) is 22.0. The molecule has 26 heavy (non-hydrogen) atoms. The Morgan fingerprint density at radius 3 is 2.38 bits per heavy atom. The summed E-state index contributed by atoms with van der Waals surface area (Å²) >= 11 is 6.07. The second kappa shape index (κ2) is 10.9. The number of rotatable bonds is 6. The van der Waals surface area contributed by atoms with Crippen LogP contribution < -0.4 is 21.1 Å². The highest BCUT2D eigenvalue weighted by molar-refractivity contribution is 14.0. The van der Waals surface area contributed by atoms with Gasteiger partial charge in [0.1, 0.15) is 5.75 Å². The molecule has 0 spiro atoms. The first-order chi connectivity index (χ1) is 12.0. The fraction of sp³-hybridized carbons (Fsp3) is 0.222. The lowest BCUT2D eigenvalue weighted by atomic mass is 10.1. The quantitative estimate of drug-likeness (QED) is 0.327. The summed E-state index contributed by atoms with van der Waals surface area (Å²) in [7, 11) is 1.56. The monoisotopic (exact) mass is 488 g/mol. The molecule has 0 aliphatic carbocycles. The zero-order valence-electron chi connectivity index (χ0n) is 14.6. The van der Waals surface area contributed by atoms with Crippen molar-refractivity contribution >= 4 is 58.8 Å². The predicted octanol–water partition coefficient (Wildman–Crippen LogP) is 3.89. The lowest BCUT2D eigenvalue weighted by molar-refractivity contribution is -0.114. The SMILES string of the molecule is COc1ccc(NC(N)=NCCc2ccc(NC(C)=O)cc2)cc1Cl.I. The molecule has 0 aliphatic heterocycles. The van der Waals surface area contributed by atoms with Crippen LogP contribution in [0.3, 0.4) is 0 Å². The van der Waals surface area contributed by atoms with Gasteiger partial charge in [0.25, 0.3) is 0 Å². The summed E-state index contributed by atoms with van der Waals surface area (Å²) in [5.74, 6) is 0.830. The van der Waals surface area contributed by atoms with E-state index in [0.717, 1.165) is 23.4 Å². The highest BCUT2D eigenvalue weighted by atomic mass is 127. The van der Waals surface area contributed by atoms with Gasteiger partial charge in [-0.05, 0) is 42.3 Å². The Morgan fingerprint density at radius 2 is 1.81 bits per heavy atom. The lowest BCUT2D eigenvalue weighted by Crippen LogP contribution is -2.23. The number of carbonyl (C=O) groups is 1. The molecule has 140 valence electrons. The fourth-order valence-corrected chi connectivity index (χ4v) is 2.45. The van der Waals surface area contributed by atoms with Gasteiger partial charge in [0.2, 0.25) is 5.91 Å². The molecule has 0 unspecified atom stereocenters. The van der Waals surface area contributed by atoms with E-state index in [9.17, 15) is 4.79 Å². The number of methoxy groups -OCH3 is 1. The van der Waals surface area contributed by atoms with Crippen LogP contribution in [0.1, 0.15) is 12.5 Å². The summed E-state index contributed by atoms with van der Waals surface area (Å²) in [5.41, 5.74) is 8.51. The number of guanidine groups is 1.